The predicted molar refractivity (Wildman–Crippen MR) is 100 cm³/mol. The molecule has 5 nitrogen and oxygen atoms in total. The lowest BCUT2D eigenvalue weighted by atomic mass is 9.80. The zero-order chi connectivity index (χ0) is 18.1. The first-order chi connectivity index (χ1) is 11.9. The van der Waals surface area contributed by atoms with Crippen molar-refractivity contribution in [1.29, 1.82) is 0 Å². The van der Waals surface area contributed by atoms with Gasteiger partial charge in [0, 0.05) is 50.8 Å². The van der Waals surface area contributed by atoms with Crippen molar-refractivity contribution < 1.29 is 4.79 Å². The van der Waals surface area contributed by atoms with Crippen molar-refractivity contribution >= 4 is 5.91 Å². The maximum absolute atomic E-state index is 12.3. The second-order valence-corrected chi connectivity index (χ2v) is 7.99. The zero-order valence-electron chi connectivity index (χ0n) is 16.2. The van der Waals surface area contributed by atoms with Crippen LogP contribution in [0.1, 0.15) is 50.4 Å². The van der Waals surface area contributed by atoms with Crippen molar-refractivity contribution in [3.8, 4) is 0 Å². The van der Waals surface area contributed by atoms with Gasteiger partial charge in [-0.25, -0.2) is 0 Å². The van der Waals surface area contributed by atoms with Crippen LogP contribution < -0.4 is 5.32 Å². The first-order valence-corrected chi connectivity index (χ1v) is 9.51. The standard InChI is InChI=1S/C20H32N4O/c1-13-7-6-8-14(2)17(13)11-21-10-16-9-19(25)23(4)20(16)18-12-22-24(5)15(18)3/h7,12,14,16-17,20-21H,6,8-11H2,1-5H3/t14?,16-,17?,20+/m0/s1. The van der Waals surface area contributed by atoms with Crippen LogP contribution >= 0.6 is 0 Å². The van der Waals surface area contributed by atoms with Gasteiger partial charge in [-0.15, -0.1) is 0 Å². The summed E-state index contributed by atoms with van der Waals surface area (Å²) in [7, 11) is 3.89. The van der Waals surface area contributed by atoms with E-state index < -0.39 is 0 Å². The maximum atomic E-state index is 12.3. The Morgan fingerprint density at radius 1 is 1.28 bits per heavy atom. The molecule has 0 radical (unpaired) electrons. The van der Waals surface area contributed by atoms with Gasteiger partial charge < -0.3 is 10.2 Å². The Hall–Kier alpha value is -1.62. The highest BCUT2D eigenvalue weighted by Gasteiger charge is 2.39. The molecule has 1 aliphatic heterocycles. The summed E-state index contributed by atoms with van der Waals surface area (Å²) >= 11 is 0. The Morgan fingerprint density at radius 3 is 2.68 bits per heavy atom. The number of amides is 1. The van der Waals surface area contributed by atoms with Crippen LogP contribution in [0.3, 0.4) is 0 Å². The SMILES string of the molecule is CC1=CCCC(C)C1CNC[C@@H]1CC(=O)N(C)[C@H]1c1cnn(C)c1C. The number of likely N-dealkylation sites (tertiary alicyclic amines) is 1. The van der Waals surface area contributed by atoms with Gasteiger partial charge in [0.1, 0.15) is 0 Å². The quantitative estimate of drug-likeness (QED) is 0.836. The van der Waals surface area contributed by atoms with Crippen molar-refractivity contribution in [1.82, 2.24) is 20.0 Å². The van der Waals surface area contributed by atoms with Crippen LogP contribution in [0.15, 0.2) is 17.8 Å². The molecular formula is C20H32N4O. The van der Waals surface area contributed by atoms with E-state index in [1.54, 1.807) is 0 Å². The van der Waals surface area contributed by atoms with Gasteiger partial charge in [-0.05, 0) is 38.5 Å². The molecule has 2 unspecified atom stereocenters. The van der Waals surface area contributed by atoms with Crippen molar-refractivity contribution in [2.24, 2.45) is 24.8 Å². The van der Waals surface area contributed by atoms with Crippen LogP contribution in [0.25, 0.3) is 0 Å². The number of aryl methyl sites for hydroxylation is 1. The Balaban J connectivity index is 1.66. The van der Waals surface area contributed by atoms with Crippen LogP contribution in [-0.4, -0.2) is 40.7 Å². The topological polar surface area (TPSA) is 50.2 Å². The molecule has 1 saturated heterocycles. The molecule has 1 amide bonds. The van der Waals surface area contributed by atoms with Crippen LogP contribution in [0.4, 0.5) is 0 Å². The lowest BCUT2D eigenvalue weighted by molar-refractivity contribution is -0.127. The van der Waals surface area contributed by atoms with E-state index >= 15 is 0 Å². The molecule has 1 aromatic rings. The van der Waals surface area contributed by atoms with E-state index in [4.69, 9.17) is 0 Å². The van der Waals surface area contributed by atoms with Gasteiger partial charge in [0.2, 0.25) is 5.91 Å². The van der Waals surface area contributed by atoms with E-state index in [0.29, 0.717) is 18.3 Å². The van der Waals surface area contributed by atoms with Gasteiger partial charge in [0.15, 0.2) is 0 Å². The molecule has 2 aliphatic rings. The van der Waals surface area contributed by atoms with E-state index in [-0.39, 0.29) is 11.9 Å². The summed E-state index contributed by atoms with van der Waals surface area (Å²) in [6.07, 6.45) is 7.44. The minimum atomic E-state index is 0.133. The van der Waals surface area contributed by atoms with Crippen molar-refractivity contribution in [2.45, 2.75) is 46.1 Å². The highest BCUT2D eigenvalue weighted by Crippen LogP contribution is 2.38. The number of hydrogen-bond acceptors (Lipinski definition) is 3. The smallest absolute Gasteiger partial charge is 0.223 e. The minimum absolute atomic E-state index is 0.133. The summed E-state index contributed by atoms with van der Waals surface area (Å²) in [5, 5.41) is 8.06. The average molecular weight is 345 g/mol. The van der Waals surface area contributed by atoms with E-state index in [0.717, 1.165) is 24.7 Å². The molecule has 1 fully saturated rings. The van der Waals surface area contributed by atoms with E-state index in [1.165, 1.54) is 24.0 Å². The lowest BCUT2D eigenvalue weighted by Gasteiger charge is -2.30. The molecule has 0 spiro atoms. The third-order valence-corrected chi connectivity index (χ3v) is 6.42. The molecular weight excluding hydrogens is 312 g/mol. The van der Waals surface area contributed by atoms with Crippen LogP contribution in [0.2, 0.25) is 0 Å². The van der Waals surface area contributed by atoms with Gasteiger partial charge in [0.25, 0.3) is 0 Å². The summed E-state index contributed by atoms with van der Waals surface area (Å²) in [5.74, 6) is 1.91. The molecule has 4 atom stereocenters. The number of carbonyl (C=O) groups excluding carboxylic acids is 1. The molecule has 0 aromatic carbocycles. The maximum Gasteiger partial charge on any atom is 0.223 e. The van der Waals surface area contributed by atoms with Crippen molar-refractivity contribution in [2.75, 3.05) is 20.1 Å². The number of aromatic nitrogens is 2. The van der Waals surface area contributed by atoms with E-state index in [9.17, 15) is 4.79 Å². The molecule has 0 bridgehead atoms. The summed E-state index contributed by atoms with van der Waals surface area (Å²) in [6.45, 7) is 8.59. The van der Waals surface area contributed by atoms with E-state index in [1.807, 2.05) is 29.9 Å². The van der Waals surface area contributed by atoms with Gasteiger partial charge in [-0.2, -0.15) is 5.10 Å². The van der Waals surface area contributed by atoms with Crippen molar-refractivity contribution in [3.05, 3.63) is 29.1 Å². The Kier molecular flexibility index (Phi) is 5.32. The Labute approximate surface area is 151 Å². The molecule has 0 saturated carbocycles. The molecule has 25 heavy (non-hydrogen) atoms. The molecule has 1 aliphatic carbocycles. The predicted octanol–water partition coefficient (Wildman–Crippen LogP) is 2.83. The highest BCUT2D eigenvalue weighted by molar-refractivity contribution is 5.79. The number of carbonyl (C=O) groups is 1. The first kappa shape index (κ1) is 18.2. The van der Waals surface area contributed by atoms with Crippen LogP contribution in [0.5, 0.6) is 0 Å². The number of hydrogen-bond donors (Lipinski definition) is 1. The van der Waals surface area contributed by atoms with Gasteiger partial charge >= 0.3 is 0 Å². The van der Waals surface area contributed by atoms with Crippen molar-refractivity contribution in [3.63, 3.8) is 0 Å². The van der Waals surface area contributed by atoms with Gasteiger partial charge in [-0.1, -0.05) is 18.6 Å². The summed E-state index contributed by atoms with van der Waals surface area (Å²) in [6, 6.07) is 0.133. The monoisotopic (exact) mass is 344 g/mol. The second kappa shape index (κ2) is 7.32. The highest BCUT2D eigenvalue weighted by atomic mass is 16.2. The minimum Gasteiger partial charge on any atom is -0.338 e. The summed E-state index contributed by atoms with van der Waals surface area (Å²) < 4.78 is 1.90. The fourth-order valence-corrected chi connectivity index (χ4v) is 4.57. The van der Waals surface area contributed by atoms with E-state index in [2.05, 4.69) is 37.3 Å². The normalized spacial score (nSPS) is 30.0. The Morgan fingerprint density at radius 2 is 2.04 bits per heavy atom. The number of allylic oxidation sites excluding steroid dienone is 1. The summed E-state index contributed by atoms with van der Waals surface area (Å²) in [4.78, 5) is 14.2. The lowest BCUT2D eigenvalue weighted by Crippen LogP contribution is -2.34. The molecule has 1 N–H and O–H groups in total. The number of nitrogens with zero attached hydrogens (tertiary/aromatic N) is 3. The number of rotatable bonds is 5. The second-order valence-electron chi connectivity index (χ2n) is 7.99. The molecule has 138 valence electrons. The molecule has 2 heterocycles. The van der Waals surface area contributed by atoms with Gasteiger partial charge in [-0.3, -0.25) is 9.48 Å². The molecule has 3 rings (SSSR count). The molecule has 5 heteroatoms. The average Bonchev–Trinajstić information content (AvgIpc) is 3.03. The fraction of sp³-hybridized carbons (Fsp3) is 0.700. The van der Waals surface area contributed by atoms with Gasteiger partial charge in [0.05, 0.1) is 12.2 Å². The molecule has 1 aromatic heterocycles. The first-order valence-electron chi connectivity index (χ1n) is 9.51. The van der Waals surface area contributed by atoms with Crippen LogP contribution in [0, 0.1) is 24.7 Å². The number of nitrogens with one attached hydrogen (secondary N) is 1. The fourth-order valence-electron chi connectivity index (χ4n) is 4.57. The largest absolute Gasteiger partial charge is 0.338 e. The third-order valence-electron chi connectivity index (χ3n) is 6.42. The summed E-state index contributed by atoms with van der Waals surface area (Å²) in [5.41, 5.74) is 3.85. The van der Waals surface area contributed by atoms with Crippen LogP contribution in [-0.2, 0) is 11.8 Å². The third kappa shape index (κ3) is 3.52. The Bertz CT molecular complexity index is 663. The zero-order valence-corrected chi connectivity index (χ0v) is 16.2.